The summed E-state index contributed by atoms with van der Waals surface area (Å²) in [4.78, 5) is 38.3. The third kappa shape index (κ3) is 5.99. The lowest BCUT2D eigenvalue weighted by Gasteiger charge is -2.06. The van der Waals surface area contributed by atoms with Crippen molar-refractivity contribution >= 4 is 46.7 Å². The van der Waals surface area contributed by atoms with Crippen LogP contribution in [0.2, 0.25) is 0 Å². The van der Waals surface area contributed by atoms with Gasteiger partial charge in [-0.3, -0.25) is 14.2 Å². The molecule has 0 aliphatic heterocycles. The predicted molar refractivity (Wildman–Crippen MR) is 120 cm³/mol. The van der Waals surface area contributed by atoms with Gasteiger partial charge < -0.3 is 10.1 Å². The number of carbonyl (C=O) groups excluding carboxylic acids is 2. The molecule has 3 aromatic rings. The summed E-state index contributed by atoms with van der Waals surface area (Å²) in [6.45, 7) is 3.79. The van der Waals surface area contributed by atoms with Crippen molar-refractivity contribution in [3.63, 3.8) is 0 Å². The van der Waals surface area contributed by atoms with Gasteiger partial charge in [0.25, 0.3) is 5.56 Å². The third-order valence-electron chi connectivity index (χ3n) is 4.33. The van der Waals surface area contributed by atoms with Crippen molar-refractivity contribution in [2.45, 2.75) is 26.9 Å². The highest BCUT2D eigenvalue weighted by atomic mass is 32.1. The van der Waals surface area contributed by atoms with Crippen LogP contribution < -0.4 is 20.1 Å². The largest absolute Gasteiger partial charge is 0.463 e. The minimum absolute atomic E-state index is 0.197. The van der Waals surface area contributed by atoms with Crippen molar-refractivity contribution < 1.29 is 18.7 Å². The van der Waals surface area contributed by atoms with Gasteiger partial charge >= 0.3 is 5.97 Å². The first-order valence-electron chi connectivity index (χ1n) is 9.52. The van der Waals surface area contributed by atoms with E-state index >= 15 is 0 Å². The Morgan fingerprint density at radius 1 is 1.23 bits per heavy atom. The monoisotopic (exact) mass is 460 g/mol. The molecule has 0 bridgehead atoms. The molecule has 1 N–H and O–H groups in total. The van der Waals surface area contributed by atoms with Crippen molar-refractivity contribution in [1.29, 1.82) is 0 Å². The lowest BCUT2D eigenvalue weighted by Crippen LogP contribution is -2.38. The lowest BCUT2D eigenvalue weighted by molar-refractivity contribution is -0.135. The first kappa shape index (κ1) is 22.6. The quantitative estimate of drug-likeness (QED) is 0.547. The number of amides is 1. The fourth-order valence-corrected chi connectivity index (χ4v) is 4.68. The fraction of sp³-hybridized carbons (Fsp3) is 0.227. The average molecular weight is 461 g/mol. The zero-order chi connectivity index (χ0) is 22.4. The Bertz CT molecular complexity index is 1260. The molecule has 1 amide bonds. The molecule has 0 aliphatic carbocycles. The smallest absolute Gasteiger partial charge is 0.333 e. The molecule has 0 fully saturated rings. The maximum atomic E-state index is 13.0. The molecule has 31 heavy (non-hydrogen) atoms. The van der Waals surface area contributed by atoms with Gasteiger partial charge in [-0.15, -0.1) is 22.7 Å². The molecule has 0 aliphatic rings. The number of thiazole rings is 1. The number of aryl methyl sites for hydroxylation is 1. The van der Waals surface area contributed by atoms with Crippen molar-refractivity contribution in [2.24, 2.45) is 0 Å². The second-order valence-electron chi connectivity index (χ2n) is 6.61. The average Bonchev–Trinajstić information content (AvgIpc) is 3.26. The van der Waals surface area contributed by atoms with Gasteiger partial charge in [-0.25, -0.2) is 9.18 Å². The Morgan fingerprint density at radius 3 is 2.61 bits per heavy atom. The summed E-state index contributed by atoms with van der Waals surface area (Å²) in [6.07, 6.45) is 2.99. The van der Waals surface area contributed by atoms with E-state index in [1.807, 2.05) is 18.4 Å². The number of thiophene rings is 1. The van der Waals surface area contributed by atoms with E-state index in [1.54, 1.807) is 25.1 Å². The van der Waals surface area contributed by atoms with Gasteiger partial charge in [-0.05, 0) is 54.6 Å². The summed E-state index contributed by atoms with van der Waals surface area (Å²) in [5.74, 6) is -1.34. The maximum Gasteiger partial charge on any atom is 0.333 e. The Hall–Kier alpha value is -3.04. The minimum atomic E-state index is -0.580. The molecule has 0 radical (unpaired) electrons. The molecule has 162 valence electrons. The van der Waals surface area contributed by atoms with Crippen LogP contribution in [0, 0.1) is 12.7 Å². The number of halogens is 1. The van der Waals surface area contributed by atoms with E-state index in [2.05, 4.69) is 5.32 Å². The summed E-state index contributed by atoms with van der Waals surface area (Å²) in [5, 5.41) is 4.64. The molecule has 3 rings (SSSR count). The predicted octanol–water partition coefficient (Wildman–Crippen LogP) is 1.91. The molecule has 0 spiro atoms. The van der Waals surface area contributed by atoms with Gasteiger partial charge in [0.15, 0.2) is 0 Å². The van der Waals surface area contributed by atoms with E-state index in [9.17, 15) is 18.8 Å². The summed E-state index contributed by atoms with van der Waals surface area (Å²) >= 11 is 2.63. The van der Waals surface area contributed by atoms with E-state index in [4.69, 9.17) is 4.74 Å². The number of hydrogen-bond donors (Lipinski definition) is 1. The molecule has 0 unspecified atom stereocenters. The van der Waals surface area contributed by atoms with Gasteiger partial charge in [0, 0.05) is 11.4 Å². The number of esters is 1. The number of carbonyl (C=O) groups is 2. The van der Waals surface area contributed by atoms with Crippen LogP contribution in [-0.2, 0) is 27.4 Å². The number of benzene rings is 1. The van der Waals surface area contributed by atoms with E-state index < -0.39 is 11.9 Å². The summed E-state index contributed by atoms with van der Waals surface area (Å²) in [5.41, 5.74) is 1.41. The van der Waals surface area contributed by atoms with Crippen molar-refractivity contribution in [3.05, 3.63) is 77.1 Å². The second kappa shape index (κ2) is 10.3. The maximum absolute atomic E-state index is 13.0. The van der Waals surface area contributed by atoms with Crippen LogP contribution in [0.1, 0.15) is 22.9 Å². The van der Waals surface area contributed by atoms with Crippen LogP contribution in [0.5, 0.6) is 0 Å². The lowest BCUT2D eigenvalue weighted by atomic mass is 10.2. The number of aromatic nitrogens is 1. The summed E-state index contributed by atoms with van der Waals surface area (Å²) < 4.78 is 20.0. The van der Waals surface area contributed by atoms with Gasteiger partial charge in [0.05, 0.1) is 17.2 Å². The van der Waals surface area contributed by atoms with E-state index in [-0.39, 0.29) is 31.1 Å². The normalized spacial score (nSPS) is 12.2. The number of nitrogens with zero attached hydrogens (tertiary/aromatic N) is 1. The first-order chi connectivity index (χ1) is 14.9. The number of nitrogens with one attached hydrogen (secondary N) is 1. The van der Waals surface area contributed by atoms with Gasteiger partial charge in [0.1, 0.15) is 17.0 Å². The minimum Gasteiger partial charge on any atom is -0.463 e. The van der Waals surface area contributed by atoms with Crippen molar-refractivity contribution in [2.75, 3.05) is 6.61 Å². The zero-order valence-electron chi connectivity index (χ0n) is 17.0. The highest BCUT2D eigenvalue weighted by molar-refractivity contribution is 7.11. The Balaban J connectivity index is 1.90. The van der Waals surface area contributed by atoms with Gasteiger partial charge in [0.2, 0.25) is 5.91 Å². The Labute approximate surface area is 185 Å². The molecule has 0 atom stereocenters. The number of rotatable bonds is 7. The number of hydrogen-bond acceptors (Lipinski definition) is 6. The van der Waals surface area contributed by atoms with Gasteiger partial charge in [-0.2, -0.15) is 0 Å². The molecule has 9 heteroatoms. The van der Waals surface area contributed by atoms with E-state index in [0.29, 0.717) is 9.20 Å². The molecule has 2 aromatic heterocycles. The van der Waals surface area contributed by atoms with Crippen LogP contribution in [0.4, 0.5) is 4.39 Å². The van der Waals surface area contributed by atoms with Crippen molar-refractivity contribution in [1.82, 2.24) is 9.88 Å². The highest BCUT2D eigenvalue weighted by Crippen LogP contribution is 2.15. The van der Waals surface area contributed by atoms with Gasteiger partial charge in [-0.1, -0.05) is 12.1 Å². The fourth-order valence-electron chi connectivity index (χ4n) is 2.73. The number of ether oxygens (including phenoxy) is 1. The molecule has 2 heterocycles. The molecular formula is C22H21FN2O4S2. The van der Waals surface area contributed by atoms with Crippen LogP contribution in [0.3, 0.4) is 0 Å². The summed E-state index contributed by atoms with van der Waals surface area (Å²) in [7, 11) is 0. The molecule has 1 aromatic carbocycles. The molecule has 0 saturated heterocycles. The molecule has 0 saturated carbocycles. The van der Waals surface area contributed by atoms with E-state index in [1.165, 1.54) is 34.1 Å². The van der Waals surface area contributed by atoms with Crippen molar-refractivity contribution in [3.8, 4) is 0 Å². The first-order valence-corrected chi connectivity index (χ1v) is 11.2. The van der Waals surface area contributed by atoms with Crippen LogP contribution in [0.25, 0.3) is 12.2 Å². The highest BCUT2D eigenvalue weighted by Gasteiger charge is 2.12. The van der Waals surface area contributed by atoms with Crippen LogP contribution >= 0.6 is 22.7 Å². The standard InChI is InChI=1S/C22H21FN2O4S2/c1-3-29-21(27)11-20-25(13-19(26)24-12-15-4-6-16(23)7-5-15)22(28)18(31-20)10-17-14(2)8-9-30-17/h4-11H,3,12-13H2,1-2H3,(H,24,26). The van der Waals surface area contributed by atoms with Crippen LogP contribution in [0.15, 0.2) is 40.5 Å². The zero-order valence-corrected chi connectivity index (χ0v) is 18.6. The second-order valence-corrected chi connectivity index (χ2v) is 8.62. The molecule has 6 nitrogen and oxygen atoms in total. The third-order valence-corrected chi connectivity index (χ3v) is 6.36. The Kier molecular flexibility index (Phi) is 7.54. The Morgan fingerprint density at radius 2 is 1.97 bits per heavy atom. The van der Waals surface area contributed by atoms with Crippen LogP contribution in [-0.4, -0.2) is 23.1 Å². The molecular weight excluding hydrogens is 439 g/mol. The summed E-state index contributed by atoms with van der Waals surface area (Å²) in [6, 6.07) is 7.72. The van der Waals surface area contributed by atoms with E-state index in [0.717, 1.165) is 27.3 Å². The SMILES string of the molecule is CCOC(=O)C=c1sc(=Cc2sccc2C)c(=O)n1CC(=O)NCc1ccc(F)cc1. The topological polar surface area (TPSA) is 77.4 Å².